The first-order valence-corrected chi connectivity index (χ1v) is 7.26. The zero-order valence-electron chi connectivity index (χ0n) is 10.6. The molecule has 1 aliphatic heterocycles. The maximum absolute atomic E-state index is 5.94. The SMILES string of the molecule is Cc1c(C2(CN)CC2)cc(Br)c2c1OCCCO2. The van der Waals surface area contributed by atoms with Crippen molar-refractivity contribution in [3.63, 3.8) is 0 Å². The number of benzene rings is 1. The van der Waals surface area contributed by atoms with E-state index in [2.05, 4.69) is 28.9 Å². The van der Waals surface area contributed by atoms with Crippen molar-refractivity contribution in [3.8, 4) is 11.5 Å². The van der Waals surface area contributed by atoms with Crippen molar-refractivity contribution in [2.24, 2.45) is 5.73 Å². The van der Waals surface area contributed by atoms with Crippen LogP contribution in [0.4, 0.5) is 0 Å². The molecule has 0 saturated heterocycles. The molecule has 1 aromatic rings. The van der Waals surface area contributed by atoms with Gasteiger partial charge in [0.1, 0.15) is 0 Å². The van der Waals surface area contributed by atoms with Crippen LogP contribution >= 0.6 is 15.9 Å². The second kappa shape index (κ2) is 4.42. The van der Waals surface area contributed by atoms with Gasteiger partial charge in [-0.2, -0.15) is 0 Å². The fraction of sp³-hybridized carbons (Fsp3) is 0.571. The molecule has 0 amide bonds. The Morgan fingerprint density at radius 2 is 1.94 bits per heavy atom. The van der Waals surface area contributed by atoms with Crippen LogP contribution in [0.25, 0.3) is 0 Å². The van der Waals surface area contributed by atoms with Gasteiger partial charge in [0.2, 0.25) is 0 Å². The Labute approximate surface area is 116 Å². The maximum Gasteiger partial charge on any atom is 0.175 e. The third-order valence-corrected chi connectivity index (χ3v) is 4.62. The molecule has 98 valence electrons. The summed E-state index contributed by atoms with van der Waals surface area (Å²) in [6.45, 7) is 4.26. The number of halogens is 1. The van der Waals surface area contributed by atoms with Gasteiger partial charge in [-0.05, 0) is 52.9 Å². The molecular weight excluding hydrogens is 294 g/mol. The molecule has 2 aliphatic rings. The molecule has 0 aromatic heterocycles. The highest BCUT2D eigenvalue weighted by molar-refractivity contribution is 9.10. The highest BCUT2D eigenvalue weighted by atomic mass is 79.9. The van der Waals surface area contributed by atoms with Crippen molar-refractivity contribution >= 4 is 15.9 Å². The molecular formula is C14H18BrNO2. The molecule has 4 heteroatoms. The predicted molar refractivity (Wildman–Crippen MR) is 74.5 cm³/mol. The second-order valence-electron chi connectivity index (χ2n) is 5.22. The Balaban J connectivity index is 2.13. The Bertz CT molecular complexity index is 483. The van der Waals surface area contributed by atoms with Gasteiger partial charge in [0, 0.05) is 18.4 Å². The van der Waals surface area contributed by atoms with E-state index < -0.39 is 0 Å². The standard InChI is InChI=1S/C14H18BrNO2/c1-9-10(14(8-16)3-4-14)7-11(15)13-12(9)17-5-2-6-18-13/h7H,2-6,8,16H2,1H3. The van der Waals surface area contributed by atoms with Crippen LogP contribution in [0, 0.1) is 6.92 Å². The number of nitrogens with two attached hydrogens (primary N) is 1. The number of hydrogen-bond donors (Lipinski definition) is 1. The molecule has 1 fully saturated rings. The van der Waals surface area contributed by atoms with E-state index in [1.165, 1.54) is 24.0 Å². The van der Waals surface area contributed by atoms with Crippen LogP contribution in [0.1, 0.15) is 30.4 Å². The molecule has 0 spiro atoms. The summed E-state index contributed by atoms with van der Waals surface area (Å²) in [4.78, 5) is 0. The first-order chi connectivity index (χ1) is 8.68. The van der Waals surface area contributed by atoms with E-state index in [-0.39, 0.29) is 5.41 Å². The van der Waals surface area contributed by atoms with Crippen molar-refractivity contribution in [1.29, 1.82) is 0 Å². The lowest BCUT2D eigenvalue weighted by Crippen LogP contribution is -2.21. The van der Waals surface area contributed by atoms with Crippen LogP contribution < -0.4 is 15.2 Å². The van der Waals surface area contributed by atoms with E-state index in [1.54, 1.807) is 0 Å². The van der Waals surface area contributed by atoms with Crippen molar-refractivity contribution < 1.29 is 9.47 Å². The smallest absolute Gasteiger partial charge is 0.175 e. The Kier molecular flexibility index (Phi) is 3.02. The number of ether oxygens (including phenoxy) is 2. The molecule has 1 heterocycles. The Hall–Kier alpha value is -0.740. The van der Waals surface area contributed by atoms with Gasteiger partial charge in [0.15, 0.2) is 11.5 Å². The molecule has 1 aliphatic carbocycles. The molecule has 0 radical (unpaired) electrons. The van der Waals surface area contributed by atoms with Gasteiger partial charge < -0.3 is 15.2 Å². The van der Waals surface area contributed by atoms with Crippen molar-refractivity contribution in [2.45, 2.75) is 31.6 Å². The van der Waals surface area contributed by atoms with Crippen molar-refractivity contribution in [1.82, 2.24) is 0 Å². The average Bonchev–Trinajstić information content (AvgIpc) is 3.17. The summed E-state index contributed by atoms with van der Waals surface area (Å²) in [7, 11) is 0. The van der Waals surface area contributed by atoms with Crippen LogP contribution in [0.5, 0.6) is 11.5 Å². The summed E-state index contributed by atoms with van der Waals surface area (Å²) < 4.78 is 12.6. The van der Waals surface area contributed by atoms with E-state index in [9.17, 15) is 0 Å². The highest BCUT2D eigenvalue weighted by Gasteiger charge is 2.45. The normalized spacial score (nSPS) is 20.4. The van der Waals surface area contributed by atoms with Gasteiger partial charge in [0.05, 0.1) is 17.7 Å². The molecule has 1 saturated carbocycles. The van der Waals surface area contributed by atoms with Crippen LogP contribution in [0.2, 0.25) is 0 Å². The summed E-state index contributed by atoms with van der Waals surface area (Å²) in [5.74, 6) is 1.75. The second-order valence-corrected chi connectivity index (χ2v) is 6.08. The average molecular weight is 312 g/mol. The van der Waals surface area contributed by atoms with Gasteiger partial charge in [-0.3, -0.25) is 0 Å². The van der Waals surface area contributed by atoms with Crippen LogP contribution in [-0.2, 0) is 5.41 Å². The highest BCUT2D eigenvalue weighted by Crippen LogP contribution is 2.53. The van der Waals surface area contributed by atoms with Crippen molar-refractivity contribution in [3.05, 3.63) is 21.7 Å². The van der Waals surface area contributed by atoms with E-state index in [0.717, 1.165) is 29.0 Å². The summed E-state index contributed by atoms with van der Waals surface area (Å²) in [5.41, 5.74) is 8.63. The summed E-state index contributed by atoms with van der Waals surface area (Å²) in [6.07, 6.45) is 3.28. The molecule has 18 heavy (non-hydrogen) atoms. The zero-order chi connectivity index (χ0) is 12.8. The lowest BCUT2D eigenvalue weighted by Gasteiger charge is -2.21. The first-order valence-electron chi connectivity index (χ1n) is 6.47. The third-order valence-electron chi connectivity index (χ3n) is 4.04. The molecule has 0 unspecified atom stereocenters. The van der Waals surface area contributed by atoms with Gasteiger partial charge in [-0.1, -0.05) is 0 Å². The minimum Gasteiger partial charge on any atom is -0.489 e. The summed E-state index contributed by atoms with van der Waals surface area (Å²) in [6, 6.07) is 2.17. The number of hydrogen-bond acceptors (Lipinski definition) is 3. The Morgan fingerprint density at radius 3 is 2.56 bits per heavy atom. The number of rotatable bonds is 2. The van der Waals surface area contributed by atoms with Crippen LogP contribution in [0.3, 0.4) is 0 Å². The lowest BCUT2D eigenvalue weighted by atomic mass is 9.91. The lowest BCUT2D eigenvalue weighted by molar-refractivity contribution is 0.296. The molecule has 3 nitrogen and oxygen atoms in total. The molecule has 0 atom stereocenters. The summed E-state index contributed by atoms with van der Waals surface area (Å²) in [5, 5.41) is 0. The van der Waals surface area contributed by atoms with E-state index in [4.69, 9.17) is 15.2 Å². The quantitative estimate of drug-likeness (QED) is 0.913. The Morgan fingerprint density at radius 1 is 1.28 bits per heavy atom. The van der Waals surface area contributed by atoms with E-state index in [1.807, 2.05) is 0 Å². The zero-order valence-corrected chi connectivity index (χ0v) is 12.2. The maximum atomic E-state index is 5.94. The van der Waals surface area contributed by atoms with Gasteiger partial charge in [-0.25, -0.2) is 0 Å². The van der Waals surface area contributed by atoms with E-state index in [0.29, 0.717) is 13.2 Å². The van der Waals surface area contributed by atoms with Gasteiger partial charge in [0.25, 0.3) is 0 Å². The fourth-order valence-electron chi connectivity index (χ4n) is 2.70. The third kappa shape index (κ3) is 1.82. The molecule has 2 N–H and O–H groups in total. The summed E-state index contributed by atoms with van der Waals surface area (Å²) >= 11 is 3.61. The molecule has 3 rings (SSSR count). The van der Waals surface area contributed by atoms with Crippen LogP contribution in [0.15, 0.2) is 10.5 Å². The van der Waals surface area contributed by atoms with Gasteiger partial charge >= 0.3 is 0 Å². The van der Waals surface area contributed by atoms with Crippen LogP contribution in [-0.4, -0.2) is 19.8 Å². The van der Waals surface area contributed by atoms with E-state index >= 15 is 0 Å². The topological polar surface area (TPSA) is 44.5 Å². The first kappa shape index (κ1) is 12.3. The minimum absolute atomic E-state index is 0.178. The largest absolute Gasteiger partial charge is 0.489 e. The van der Waals surface area contributed by atoms with Crippen molar-refractivity contribution in [2.75, 3.05) is 19.8 Å². The predicted octanol–water partition coefficient (Wildman–Crippen LogP) is 2.91. The molecule has 1 aromatic carbocycles. The fourth-order valence-corrected chi connectivity index (χ4v) is 3.23. The molecule has 0 bridgehead atoms. The monoisotopic (exact) mass is 311 g/mol. The minimum atomic E-state index is 0.178. The number of fused-ring (bicyclic) bond motifs is 1. The van der Waals surface area contributed by atoms with Gasteiger partial charge in [-0.15, -0.1) is 0 Å².